The van der Waals surface area contributed by atoms with Crippen LogP contribution in [0.2, 0.25) is 0 Å². The van der Waals surface area contributed by atoms with Crippen LogP contribution in [0.4, 0.5) is 5.69 Å². The van der Waals surface area contributed by atoms with Gasteiger partial charge in [-0.2, -0.15) is 0 Å². The molecule has 7 heteroatoms. The molecule has 0 spiro atoms. The first-order valence-corrected chi connectivity index (χ1v) is 12.2. The predicted molar refractivity (Wildman–Crippen MR) is 140 cm³/mol. The molecule has 180 valence electrons. The Morgan fingerprint density at radius 1 is 0.889 bits per heavy atom. The van der Waals surface area contributed by atoms with E-state index in [9.17, 15) is 14.7 Å². The van der Waals surface area contributed by atoms with Gasteiger partial charge < -0.3 is 14.6 Å². The van der Waals surface area contributed by atoms with Crippen LogP contribution in [0.3, 0.4) is 0 Å². The second kappa shape index (κ2) is 9.71. The van der Waals surface area contributed by atoms with Crippen molar-refractivity contribution in [2.75, 3.05) is 12.0 Å². The molecule has 0 aliphatic carbocycles. The fourth-order valence-corrected chi connectivity index (χ4v) is 5.11. The summed E-state index contributed by atoms with van der Waals surface area (Å²) in [5.74, 6) is 0.293. The largest absolute Gasteiger partial charge is 0.507 e. The summed E-state index contributed by atoms with van der Waals surface area (Å²) in [7, 11) is 1.56. The van der Waals surface area contributed by atoms with Crippen LogP contribution in [0.25, 0.3) is 5.76 Å². The van der Waals surface area contributed by atoms with Crippen LogP contribution >= 0.6 is 11.3 Å². The maximum absolute atomic E-state index is 13.3. The summed E-state index contributed by atoms with van der Waals surface area (Å²) in [5, 5.41) is 13.2. The molecule has 1 aliphatic heterocycles. The van der Waals surface area contributed by atoms with Crippen molar-refractivity contribution in [1.82, 2.24) is 0 Å². The summed E-state index contributed by atoms with van der Waals surface area (Å²) < 4.78 is 11.1. The van der Waals surface area contributed by atoms with E-state index >= 15 is 0 Å². The molecule has 1 aromatic heterocycles. The fourth-order valence-electron chi connectivity index (χ4n) is 4.29. The first-order chi connectivity index (χ1) is 17.5. The lowest BCUT2D eigenvalue weighted by Gasteiger charge is -2.24. The van der Waals surface area contributed by atoms with Gasteiger partial charge in [-0.15, -0.1) is 11.3 Å². The molecule has 1 N–H and O–H groups in total. The van der Waals surface area contributed by atoms with E-state index in [1.165, 1.54) is 16.2 Å². The molecule has 1 saturated heterocycles. The van der Waals surface area contributed by atoms with Gasteiger partial charge in [-0.3, -0.25) is 14.5 Å². The van der Waals surface area contributed by atoms with Gasteiger partial charge in [-0.05, 0) is 78.5 Å². The maximum atomic E-state index is 13.3. The minimum Gasteiger partial charge on any atom is -0.507 e. The monoisotopic (exact) mass is 497 g/mol. The van der Waals surface area contributed by atoms with Crippen LogP contribution in [0.15, 0.2) is 95.9 Å². The lowest BCUT2D eigenvalue weighted by molar-refractivity contribution is -0.132. The van der Waals surface area contributed by atoms with Gasteiger partial charge >= 0.3 is 0 Å². The number of carbonyl (C=O) groups is 2. The SMILES string of the molecule is COc1ccc(/C(O)=C2/C(=O)C(=O)N(c3ccc(Oc4ccccc4)cc3)C2c2cccs2)c(C)c1. The minimum absolute atomic E-state index is 0.0559. The number of nitrogens with zero attached hydrogens (tertiary/aromatic N) is 1. The zero-order valence-corrected chi connectivity index (χ0v) is 20.5. The second-order valence-electron chi connectivity index (χ2n) is 8.27. The van der Waals surface area contributed by atoms with Crippen molar-refractivity contribution in [3.8, 4) is 17.2 Å². The third-order valence-electron chi connectivity index (χ3n) is 6.04. The summed E-state index contributed by atoms with van der Waals surface area (Å²) in [4.78, 5) is 28.8. The van der Waals surface area contributed by atoms with Gasteiger partial charge in [0.05, 0.1) is 12.7 Å². The molecule has 3 aromatic carbocycles. The highest BCUT2D eigenvalue weighted by atomic mass is 32.1. The quantitative estimate of drug-likeness (QED) is 0.187. The summed E-state index contributed by atoms with van der Waals surface area (Å²) in [6.45, 7) is 1.82. The Morgan fingerprint density at radius 2 is 1.58 bits per heavy atom. The number of methoxy groups -OCH3 is 1. The maximum Gasteiger partial charge on any atom is 0.300 e. The number of hydrogen-bond donors (Lipinski definition) is 1. The van der Waals surface area contributed by atoms with Crippen LogP contribution in [0.1, 0.15) is 22.0 Å². The first kappa shape index (κ1) is 23.4. The number of hydrogen-bond acceptors (Lipinski definition) is 6. The standard InChI is InChI=1S/C29H23NO5S/c1-18-17-22(34-2)14-15-23(18)27(31)25-26(24-9-6-16-36-24)30(29(33)28(25)32)19-10-12-21(13-11-19)35-20-7-4-3-5-8-20/h3-17,26,31H,1-2H3/b27-25-. The number of thiophene rings is 1. The van der Waals surface area contributed by atoms with E-state index in [4.69, 9.17) is 9.47 Å². The second-order valence-corrected chi connectivity index (χ2v) is 9.25. The molecule has 36 heavy (non-hydrogen) atoms. The number of benzene rings is 3. The minimum atomic E-state index is -0.757. The Labute approximate surface area is 212 Å². The van der Waals surface area contributed by atoms with Crippen molar-refractivity contribution in [2.24, 2.45) is 0 Å². The molecule has 1 unspecified atom stereocenters. The third kappa shape index (κ3) is 4.25. The predicted octanol–water partition coefficient (Wildman–Crippen LogP) is 6.48. The van der Waals surface area contributed by atoms with Crippen LogP contribution in [-0.2, 0) is 9.59 Å². The van der Waals surface area contributed by atoms with Crippen molar-refractivity contribution in [2.45, 2.75) is 13.0 Å². The number of aliphatic hydroxyl groups excluding tert-OH is 1. The van der Waals surface area contributed by atoms with Crippen LogP contribution in [-0.4, -0.2) is 23.9 Å². The topological polar surface area (TPSA) is 76.1 Å². The number of carbonyl (C=O) groups excluding carboxylic acids is 2. The van der Waals surface area contributed by atoms with E-state index in [1.807, 2.05) is 54.8 Å². The van der Waals surface area contributed by atoms with E-state index in [0.717, 1.165) is 10.4 Å². The highest BCUT2D eigenvalue weighted by Crippen LogP contribution is 2.44. The molecule has 0 bridgehead atoms. The number of rotatable bonds is 6. The average molecular weight is 498 g/mol. The summed E-state index contributed by atoms with van der Waals surface area (Å²) in [6, 6.07) is 24.5. The molecule has 1 amide bonds. The fraction of sp³-hybridized carbons (Fsp3) is 0.103. The number of para-hydroxylation sites is 1. The Balaban J connectivity index is 1.56. The highest BCUT2D eigenvalue weighted by Gasteiger charge is 2.47. The molecular formula is C29H23NO5S. The van der Waals surface area contributed by atoms with Gasteiger partial charge in [-0.1, -0.05) is 24.3 Å². The smallest absolute Gasteiger partial charge is 0.300 e. The first-order valence-electron chi connectivity index (χ1n) is 11.3. The number of amides is 1. The lowest BCUT2D eigenvalue weighted by atomic mass is 9.97. The number of Topliss-reactive ketones (excluding diaryl/α,β-unsaturated/α-hetero) is 1. The summed E-state index contributed by atoms with van der Waals surface area (Å²) in [5.41, 5.74) is 1.79. The molecule has 0 saturated carbocycles. The van der Waals surface area contributed by atoms with Gasteiger partial charge in [0.2, 0.25) is 0 Å². The molecule has 5 rings (SSSR count). The zero-order chi connectivity index (χ0) is 25.2. The Hall–Kier alpha value is -4.36. The molecule has 1 aliphatic rings. The van der Waals surface area contributed by atoms with Crippen molar-refractivity contribution in [3.05, 3.63) is 112 Å². The number of anilines is 1. The van der Waals surface area contributed by atoms with Crippen molar-refractivity contribution in [3.63, 3.8) is 0 Å². The summed E-state index contributed by atoms with van der Waals surface area (Å²) >= 11 is 1.42. The van der Waals surface area contributed by atoms with Gasteiger partial charge in [0.1, 0.15) is 29.0 Å². The van der Waals surface area contributed by atoms with Crippen molar-refractivity contribution in [1.29, 1.82) is 0 Å². The number of ketones is 1. The number of aliphatic hydroxyl groups is 1. The Morgan fingerprint density at radius 3 is 2.22 bits per heavy atom. The lowest BCUT2D eigenvalue weighted by Crippen LogP contribution is -2.29. The Bertz CT molecular complexity index is 1440. The molecule has 0 radical (unpaired) electrons. The van der Waals surface area contributed by atoms with E-state index in [2.05, 4.69) is 0 Å². The molecular weight excluding hydrogens is 474 g/mol. The van der Waals surface area contributed by atoms with E-state index < -0.39 is 17.7 Å². The van der Waals surface area contributed by atoms with Crippen LogP contribution in [0.5, 0.6) is 17.2 Å². The van der Waals surface area contributed by atoms with Gasteiger partial charge in [0, 0.05) is 16.1 Å². The highest BCUT2D eigenvalue weighted by molar-refractivity contribution is 7.10. The van der Waals surface area contributed by atoms with Crippen LogP contribution < -0.4 is 14.4 Å². The average Bonchev–Trinajstić information content (AvgIpc) is 3.51. The van der Waals surface area contributed by atoms with E-state index in [1.54, 1.807) is 49.6 Å². The van der Waals surface area contributed by atoms with Gasteiger partial charge in [0.15, 0.2) is 0 Å². The molecule has 6 nitrogen and oxygen atoms in total. The molecule has 4 aromatic rings. The van der Waals surface area contributed by atoms with Gasteiger partial charge in [0.25, 0.3) is 11.7 Å². The zero-order valence-electron chi connectivity index (χ0n) is 19.7. The van der Waals surface area contributed by atoms with E-state index in [0.29, 0.717) is 28.5 Å². The van der Waals surface area contributed by atoms with E-state index in [-0.39, 0.29) is 11.3 Å². The molecule has 2 heterocycles. The number of ether oxygens (including phenoxy) is 2. The van der Waals surface area contributed by atoms with Crippen LogP contribution in [0, 0.1) is 6.92 Å². The summed E-state index contributed by atoms with van der Waals surface area (Å²) in [6.07, 6.45) is 0. The van der Waals surface area contributed by atoms with Crippen molar-refractivity contribution >= 4 is 34.5 Å². The number of aryl methyl sites for hydroxylation is 1. The van der Waals surface area contributed by atoms with Crippen molar-refractivity contribution < 1.29 is 24.2 Å². The van der Waals surface area contributed by atoms with Gasteiger partial charge in [-0.25, -0.2) is 0 Å². The molecule has 1 atom stereocenters. The third-order valence-corrected chi connectivity index (χ3v) is 6.96. The Kier molecular flexibility index (Phi) is 6.31. The normalized spacial score (nSPS) is 16.8. The molecule has 1 fully saturated rings.